The van der Waals surface area contributed by atoms with Gasteiger partial charge in [0.25, 0.3) is 11.8 Å². The van der Waals surface area contributed by atoms with Gasteiger partial charge in [-0.05, 0) is 55.7 Å². The van der Waals surface area contributed by atoms with Crippen LogP contribution in [0.5, 0.6) is 0 Å². The van der Waals surface area contributed by atoms with Gasteiger partial charge in [-0.2, -0.15) is 0 Å². The Hall–Kier alpha value is -3.05. The highest BCUT2D eigenvalue weighted by molar-refractivity contribution is 7.99. The number of anilines is 1. The number of amides is 2. The molecule has 1 aliphatic rings. The second-order valence-corrected chi connectivity index (χ2v) is 8.26. The molecule has 0 fully saturated rings. The number of hydrogen-bond acceptors (Lipinski definition) is 3. The highest BCUT2D eigenvalue weighted by Gasteiger charge is 2.26. The van der Waals surface area contributed by atoms with E-state index in [1.807, 2.05) is 67.6 Å². The van der Waals surface area contributed by atoms with Gasteiger partial charge in [0.15, 0.2) is 0 Å². The maximum atomic E-state index is 13.1. The smallest absolute Gasteiger partial charge is 0.259 e. The Labute approximate surface area is 181 Å². The van der Waals surface area contributed by atoms with Crippen LogP contribution < -0.4 is 10.2 Å². The molecule has 30 heavy (non-hydrogen) atoms. The van der Waals surface area contributed by atoms with E-state index in [0.717, 1.165) is 28.3 Å². The molecule has 0 spiro atoms. The van der Waals surface area contributed by atoms with Gasteiger partial charge >= 0.3 is 0 Å². The SMILES string of the molecule is CCN1C(=O)c2ccccc2Sc2ccc(C(=O)NCCCc3ccccc3)cc21. The largest absolute Gasteiger partial charge is 0.352 e. The van der Waals surface area contributed by atoms with Gasteiger partial charge in [-0.15, -0.1) is 0 Å². The van der Waals surface area contributed by atoms with Crippen molar-refractivity contribution in [2.24, 2.45) is 0 Å². The fraction of sp³-hybridized carbons (Fsp3) is 0.200. The highest BCUT2D eigenvalue weighted by atomic mass is 32.2. The van der Waals surface area contributed by atoms with Crippen LogP contribution in [0.25, 0.3) is 0 Å². The van der Waals surface area contributed by atoms with Crippen LogP contribution in [-0.4, -0.2) is 24.9 Å². The predicted octanol–water partition coefficient (Wildman–Crippen LogP) is 5.18. The lowest BCUT2D eigenvalue weighted by molar-refractivity contribution is 0.0949. The van der Waals surface area contributed by atoms with Crippen LogP contribution in [0.1, 0.15) is 39.6 Å². The molecule has 2 amide bonds. The van der Waals surface area contributed by atoms with E-state index in [4.69, 9.17) is 0 Å². The number of carbonyl (C=O) groups excluding carboxylic acids is 2. The molecule has 0 radical (unpaired) electrons. The molecule has 1 aliphatic heterocycles. The number of carbonyl (C=O) groups is 2. The quantitative estimate of drug-likeness (QED) is 0.563. The summed E-state index contributed by atoms with van der Waals surface area (Å²) in [6.45, 7) is 3.11. The number of nitrogens with one attached hydrogen (secondary N) is 1. The standard InChI is InChI=1S/C25H24N2O2S/c1-2-27-21-17-19(24(28)26-16-8-11-18-9-4-3-5-10-18)14-15-23(21)30-22-13-7-6-12-20(22)25(27)29/h3-7,9-10,12-15,17H,2,8,11,16H2,1H3,(H,26,28). The zero-order chi connectivity index (χ0) is 20.9. The molecular weight excluding hydrogens is 392 g/mol. The molecule has 3 aromatic rings. The van der Waals surface area contributed by atoms with Gasteiger partial charge in [0.05, 0.1) is 11.3 Å². The Balaban J connectivity index is 1.48. The highest BCUT2D eigenvalue weighted by Crippen LogP contribution is 2.41. The Morgan fingerprint density at radius 1 is 0.967 bits per heavy atom. The normalized spacial score (nSPS) is 12.7. The number of fused-ring (bicyclic) bond motifs is 2. The van der Waals surface area contributed by atoms with Crippen molar-refractivity contribution in [2.75, 3.05) is 18.0 Å². The molecular formula is C25H24N2O2S. The Morgan fingerprint density at radius 2 is 1.73 bits per heavy atom. The molecule has 0 aromatic heterocycles. The van der Waals surface area contributed by atoms with Crippen LogP contribution >= 0.6 is 11.8 Å². The summed E-state index contributed by atoms with van der Waals surface area (Å²) in [5, 5.41) is 3.00. The van der Waals surface area contributed by atoms with Crippen molar-refractivity contribution >= 4 is 29.3 Å². The van der Waals surface area contributed by atoms with Crippen LogP contribution in [0.3, 0.4) is 0 Å². The second kappa shape index (κ2) is 9.18. The lowest BCUT2D eigenvalue weighted by Crippen LogP contribution is -2.31. The first kappa shape index (κ1) is 20.2. The van der Waals surface area contributed by atoms with Crippen molar-refractivity contribution in [3.8, 4) is 0 Å². The van der Waals surface area contributed by atoms with Gasteiger partial charge in [-0.1, -0.05) is 54.2 Å². The van der Waals surface area contributed by atoms with Crippen molar-refractivity contribution in [1.82, 2.24) is 5.32 Å². The first-order valence-electron chi connectivity index (χ1n) is 10.2. The van der Waals surface area contributed by atoms with Gasteiger partial charge in [0.2, 0.25) is 0 Å². The summed E-state index contributed by atoms with van der Waals surface area (Å²) in [5.74, 6) is -0.138. The topological polar surface area (TPSA) is 49.4 Å². The molecule has 0 saturated heterocycles. The number of nitrogens with zero attached hydrogens (tertiary/aromatic N) is 1. The maximum absolute atomic E-state index is 13.1. The molecule has 0 saturated carbocycles. The average molecular weight is 417 g/mol. The molecule has 0 atom stereocenters. The minimum absolute atomic E-state index is 0.0280. The summed E-state index contributed by atoms with van der Waals surface area (Å²) in [6.07, 6.45) is 1.81. The van der Waals surface area contributed by atoms with Crippen molar-refractivity contribution in [1.29, 1.82) is 0 Å². The Bertz CT molecular complexity index is 1070. The third-order valence-electron chi connectivity index (χ3n) is 5.18. The fourth-order valence-corrected chi connectivity index (χ4v) is 4.68. The summed E-state index contributed by atoms with van der Waals surface area (Å²) < 4.78 is 0. The fourth-order valence-electron chi connectivity index (χ4n) is 3.62. The first-order valence-corrected chi connectivity index (χ1v) is 11.0. The van der Waals surface area contributed by atoms with Crippen LogP contribution in [0.2, 0.25) is 0 Å². The van der Waals surface area contributed by atoms with Crippen LogP contribution in [0.4, 0.5) is 5.69 Å². The van der Waals surface area contributed by atoms with Crippen LogP contribution in [-0.2, 0) is 6.42 Å². The minimum Gasteiger partial charge on any atom is -0.352 e. The predicted molar refractivity (Wildman–Crippen MR) is 121 cm³/mol. The molecule has 1 heterocycles. The first-order chi connectivity index (χ1) is 14.7. The van der Waals surface area contributed by atoms with E-state index < -0.39 is 0 Å². The van der Waals surface area contributed by atoms with Crippen molar-refractivity contribution in [3.05, 3.63) is 89.5 Å². The molecule has 4 nitrogen and oxygen atoms in total. The van der Waals surface area contributed by atoms with Gasteiger partial charge in [-0.25, -0.2) is 0 Å². The number of benzene rings is 3. The van der Waals surface area contributed by atoms with Gasteiger partial charge in [0, 0.05) is 28.4 Å². The molecule has 0 aliphatic carbocycles. The lowest BCUT2D eigenvalue weighted by Gasteiger charge is -2.21. The summed E-state index contributed by atoms with van der Waals surface area (Å²) in [4.78, 5) is 29.4. The Morgan fingerprint density at radius 3 is 2.53 bits per heavy atom. The van der Waals surface area contributed by atoms with Crippen molar-refractivity contribution in [2.45, 2.75) is 29.6 Å². The summed E-state index contributed by atoms with van der Waals surface area (Å²) in [5.41, 5.74) is 3.34. The van der Waals surface area contributed by atoms with Gasteiger partial charge in [0.1, 0.15) is 0 Å². The number of hydrogen-bond donors (Lipinski definition) is 1. The Kier molecular flexibility index (Phi) is 6.19. The van der Waals surface area contributed by atoms with Crippen LogP contribution in [0.15, 0.2) is 82.6 Å². The molecule has 152 valence electrons. The molecule has 1 N–H and O–H groups in total. The number of rotatable bonds is 6. The van der Waals surface area contributed by atoms with Gasteiger partial charge in [-0.3, -0.25) is 9.59 Å². The second-order valence-electron chi connectivity index (χ2n) is 7.18. The van der Waals surface area contributed by atoms with Gasteiger partial charge < -0.3 is 10.2 Å². The molecule has 0 bridgehead atoms. The summed E-state index contributed by atoms with van der Waals surface area (Å²) in [6, 6.07) is 23.5. The molecule has 4 rings (SSSR count). The van der Waals surface area contributed by atoms with Crippen LogP contribution in [0, 0.1) is 0 Å². The monoisotopic (exact) mass is 416 g/mol. The van der Waals surface area contributed by atoms with E-state index in [1.165, 1.54) is 5.56 Å². The van der Waals surface area contributed by atoms with Crippen molar-refractivity contribution in [3.63, 3.8) is 0 Å². The van der Waals surface area contributed by atoms with E-state index in [0.29, 0.717) is 24.2 Å². The minimum atomic E-state index is -0.110. The average Bonchev–Trinajstić information content (AvgIpc) is 2.90. The van der Waals surface area contributed by atoms with E-state index in [9.17, 15) is 9.59 Å². The van der Waals surface area contributed by atoms with E-state index in [2.05, 4.69) is 17.4 Å². The maximum Gasteiger partial charge on any atom is 0.259 e. The van der Waals surface area contributed by atoms with E-state index >= 15 is 0 Å². The van der Waals surface area contributed by atoms with Crippen molar-refractivity contribution < 1.29 is 9.59 Å². The molecule has 3 aromatic carbocycles. The lowest BCUT2D eigenvalue weighted by atomic mass is 10.1. The summed E-state index contributed by atoms with van der Waals surface area (Å²) in [7, 11) is 0. The third kappa shape index (κ3) is 4.26. The number of aryl methyl sites for hydroxylation is 1. The third-order valence-corrected chi connectivity index (χ3v) is 6.32. The molecule has 0 unspecified atom stereocenters. The zero-order valence-electron chi connectivity index (χ0n) is 16.9. The summed E-state index contributed by atoms with van der Waals surface area (Å²) >= 11 is 1.57. The van der Waals surface area contributed by atoms with E-state index in [-0.39, 0.29) is 11.8 Å². The van der Waals surface area contributed by atoms with E-state index in [1.54, 1.807) is 16.7 Å². The molecule has 5 heteroatoms. The zero-order valence-corrected chi connectivity index (χ0v) is 17.7.